The molecule has 1 aromatic carbocycles. The molecule has 2 aromatic rings. The van der Waals surface area contributed by atoms with E-state index in [2.05, 4.69) is 4.98 Å². The van der Waals surface area contributed by atoms with Crippen molar-refractivity contribution in [1.29, 1.82) is 0 Å². The summed E-state index contributed by atoms with van der Waals surface area (Å²) in [7, 11) is 0. The van der Waals surface area contributed by atoms with Gasteiger partial charge in [0, 0.05) is 17.8 Å². The van der Waals surface area contributed by atoms with Crippen molar-refractivity contribution < 1.29 is 26.3 Å². The van der Waals surface area contributed by atoms with Crippen LogP contribution in [0.1, 0.15) is 11.6 Å². The summed E-state index contributed by atoms with van der Waals surface area (Å²) in [5.41, 5.74) is 5.10. The summed E-state index contributed by atoms with van der Waals surface area (Å²) >= 11 is 0. The average Bonchev–Trinajstić information content (AvgIpc) is 2.34. The van der Waals surface area contributed by atoms with Crippen molar-refractivity contribution in [2.24, 2.45) is 11.7 Å². The van der Waals surface area contributed by atoms with Gasteiger partial charge < -0.3 is 5.73 Å². The molecule has 8 heteroatoms. The lowest BCUT2D eigenvalue weighted by molar-refractivity contribution is -0.290. The van der Waals surface area contributed by atoms with Crippen molar-refractivity contribution in [3.8, 4) is 0 Å². The first-order valence-corrected chi connectivity index (χ1v) is 5.84. The molecule has 2 rings (SSSR count). The molecule has 0 radical (unpaired) electrons. The Balaban J connectivity index is 2.57. The largest absolute Gasteiger partial charge is 0.402 e. The summed E-state index contributed by atoms with van der Waals surface area (Å²) in [6.45, 7) is 0. The number of halogens is 6. The summed E-state index contributed by atoms with van der Waals surface area (Å²) in [5.74, 6) is -3.62. The van der Waals surface area contributed by atoms with Crippen molar-refractivity contribution in [2.75, 3.05) is 0 Å². The maximum atomic E-state index is 12.7. The molecule has 0 spiro atoms. The van der Waals surface area contributed by atoms with Gasteiger partial charge in [-0.15, -0.1) is 0 Å². The molecule has 0 saturated carbocycles. The number of fused-ring (bicyclic) bond motifs is 1. The maximum Gasteiger partial charge on any atom is 0.402 e. The number of benzene rings is 1. The van der Waals surface area contributed by atoms with Gasteiger partial charge in [-0.3, -0.25) is 4.98 Å². The summed E-state index contributed by atoms with van der Waals surface area (Å²) < 4.78 is 76.4. The van der Waals surface area contributed by atoms with E-state index in [1.54, 1.807) is 0 Å². The maximum absolute atomic E-state index is 12.7. The summed E-state index contributed by atoms with van der Waals surface area (Å²) in [4.78, 5) is 3.77. The van der Waals surface area contributed by atoms with Gasteiger partial charge in [-0.25, -0.2) is 0 Å². The van der Waals surface area contributed by atoms with Crippen LogP contribution in [0.3, 0.4) is 0 Å². The molecule has 1 aromatic heterocycles. The predicted molar refractivity (Wildman–Crippen MR) is 64.3 cm³/mol. The van der Waals surface area contributed by atoms with E-state index >= 15 is 0 Å². The second-order valence-electron chi connectivity index (χ2n) is 4.53. The molecule has 21 heavy (non-hydrogen) atoms. The fourth-order valence-electron chi connectivity index (χ4n) is 2.21. The van der Waals surface area contributed by atoms with Gasteiger partial charge in [0.1, 0.15) is 0 Å². The number of nitrogens with zero attached hydrogens (tertiary/aromatic N) is 1. The van der Waals surface area contributed by atoms with Gasteiger partial charge in [0.25, 0.3) is 0 Å². The second kappa shape index (κ2) is 5.18. The molecular weight excluding hydrogens is 298 g/mol. The molecule has 2 N–H and O–H groups in total. The van der Waals surface area contributed by atoms with Gasteiger partial charge in [-0.1, -0.05) is 18.2 Å². The van der Waals surface area contributed by atoms with Crippen molar-refractivity contribution in [1.82, 2.24) is 4.98 Å². The molecule has 0 bridgehead atoms. The number of hydrogen-bond donors (Lipinski definition) is 1. The Morgan fingerprint density at radius 1 is 0.952 bits per heavy atom. The highest BCUT2D eigenvalue weighted by Gasteiger charge is 2.59. The van der Waals surface area contributed by atoms with E-state index in [-0.39, 0.29) is 10.9 Å². The molecule has 114 valence electrons. The van der Waals surface area contributed by atoms with Crippen LogP contribution in [0.15, 0.2) is 36.7 Å². The summed E-state index contributed by atoms with van der Waals surface area (Å²) in [6, 6.07) is 3.15. The van der Waals surface area contributed by atoms with E-state index in [1.165, 1.54) is 30.6 Å². The van der Waals surface area contributed by atoms with Gasteiger partial charge in [-0.2, -0.15) is 26.3 Å². The SMILES string of the molecule is NC(c1cccc2cnccc12)C(C(F)(F)F)C(F)(F)F. The molecule has 0 fully saturated rings. The highest BCUT2D eigenvalue weighted by Crippen LogP contribution is 2.46. The highest BCUT2D eigenvalue weighted by atomic mass is 19.4. The minimum Gasteiger partial charge on any atom is -0.323 e. The van der Waals surface area contributed by atoms with Crippen LogP contribution in [-0.4, -0.2) is 17.3 Å². The third-order valence-corrected chi connectivity index (χ3v) is 3.14. The Morgan fingerprint density at radius 3 is 2.14 bits per heavy atom. The number of pyridine rings is 1. The monoisotopic (exact) mass is 308 g/mol. The van der Waals surface area contributed by atoms with Crippen molar-refractivity contribution >= 4 is 10.8 Å². The zero-order chi connectivity index (χ0) is 15.8. The zero-order valence-electron chi connectivity index (χ0n) is 10.4. The standard InChI is InChI=1S/C13H10F6N2/c14-12(15,16)11(13(17,18)19)10(20)9-3-1-2-7-6-21-5-4-8(7)9/h1-6,10-11H,20H2. The molecule has 0 amide bonds. The minimum absolute atomic E-state index is 0.213. The van der Waals surface area contributed by atoms with Crippen LogP contribution in [0, 0.1) is 5.92 Å². The Hall–Kier alpha value is -1.83. The number of aromatic nitrogens is 1. The average molecular weight is 308 g/mol. The van der Waals surface area contributed by atoms with Gasteiger partial charge in [0.15, 0.2) is 5.92 Å². The van der Waals surface area contributed by atoms with Crippen molar-refractivity contribution in [2.45, 2.75) is 18.4 Å². The van der Waals surface area contributed by atoms with Crippen LogP contribution in [0.2, 0.25) is 0 Å². The fraction of sp³-hybridized carbons (Fsp3) is 0.308. The van der Waals surface area contributed by atoms with Crippen LogP contribution in [-0.2, 0) is 0 Å². The van der Waals surface area contributed by atoms with Gasteiger partial charge in [-0.05, 0) is 17.0 Å². The third kappa shape index (κ3) is 3.10. The van der Waals surface area contributed by atoms with Crippen LogP contribution < -0.4 is 5.73 Å². The molecule has 1 atom stereocenters. The van der Waals surface area contributed by atoms with Crippen LogP contribution in [0.5, 0.6) is 0 Å². The minimum atomic E-state index is -5.48. The molecular formula is C13H10F6N2. The smallest absolute Gasteiger partial charge is 0.323 e. The molecule has 0 aliphatic carbocycles. The highest BCUT2D eigenvalue weighted by molar-refractivity contribution is 5.85. The quantitative estimate of drug-likeness (QED) is 0.852. The van der Waals surface area contributed by atoms with Crippen molar-refractivity contribution in [3.63, 3.8) is 0 Å². The first-order valence-electron chi connectivity index (χ1n) is 5.84. The van der Waals surface area contributed by atoms with Gasteiger partial charge in [0.05, 0.1) is 6.04 Å². The zero-order valence-corrected chi connectivity index (χ0v) is 10.4. The molecule has 2 nitrogen and oxygen atoms in total. The molecule has 0 saturated heterocycles. The Morgan fingerprint density at radius 2 is 1.57 bits per heavy atom. The Bertz CT molecular complexity index is 615. The van der Waals surface area contributed by atoms with Crippen LogP contribution in [0.4, 0.5) is 26.3 Å². The van der Waals surface area contributed by atoms with E-state index in [1.807, 2.05) is 0 Å². The first kappa shape index (κ1) is 15.6. The van der Waals surface area contributed by atoms with E-state index in [4.69, 9.17) is 5.73 Å². The summed E-state index contributed by atoms with van der Waals surface area (Å²) in [5, 5.41) is 0.645. The first-order chi connectivity index (χ1) is 9.62. The molecule has 1 heterocycles. The second-order valence-corrected chi connectivity index (χ2v) is 4.53. The number of nitrogens with two attached hydrogens (primary N) is 1. The lowest BCUT2D eigenvalue weighted by Gasteiger charge is -2.29. The topological polar surface area (TPSA) is 38.9 Å². The lowest BCUT2D eigenvalue weighted by Crippen LogP contribution is -2.44. The Labute approximate surface area is 115 Å². The number of rotatable bonds is 2. The predicted octanol–water partition coefficient (Wildman–Crippen LogP) is 3.98. The number of alkyl halides is 6. The van der Waals surface area contributed by atoms with Gasteiger partial charge in [0.2, 0.25) is 0 Å². The van der Waals surface area contributed by atoms with E-state index in [9.17, 15) is 26.3 Å². The normalized spacial score (nSPS) is 14.7. The lowest BCUT2D eigenvalue weighted by atomic mass is 9.89. The fourth-order valence-corrected chi connectivity index (χ4v) is 2.21. The van der Waals surface area contributed by atoms with Crippen LogP contribution >= 0.6 is 0 Å². The molecule has 0 aliphatic rings. The van der Waals surface area contributed by atoms with Gasteiger partial charge >= 0.3 is 12.4 Å². The third-order valence-electron chi connectivity index (χ3n) is 3.14. The summed E-state index contributed by atoms with van der Waals surface area (Å²) in [6.07, 6.45) is -8.32. The van der Waals surface area contributed by atoms with Crippen molar-refractivity contribution in [3.05, 3.63) is 42.2 Å². The Kier molecular flexibility index (Phi) is 3.83. The molecule has 0 aliphatic heterocycles. The molecule has 1 unspecified atom stereocenters. The van der Waals surface area contributed by atoms with E-state index in [0.717, 1.165) is 6.07 Å². The van der Waals surface area contributed by atoms with E-state index < -0.39 is 24.3 Å². The van der Waals surface area contributed by atoms with Crippen LogP contribution in [0.25, 0.3) is 10.8 Å². The number of hydrogen-bond acceptors (Lipinski definition) is 2. The van der Waals surface area contributed by atoms with E-state index in [0.29, 0.717) is 5.39 Å².